The van der Waals surface area contributed by atoms with Crippen LogP contribution in [0.4, 0.5) is 0 Å². The minimum atomic E-state index is -1.77. The molecule has 10 atom stereocenters. The van der Waals surface area contributed by atoms with Crippen LogP contribution >= 0.6 is 0 Å². The summed E-state index contributed by atoms with van der Waals surface area (Å²) in [6.45, 7) is 0.971. The minimum Gasteiger partial charge on any atom is -0.502 e. The topological polar surface area (TPSA) is 218 Å². The molecule has 0 aliphatic carbocycles. The van der Waals surface area contributed by atoms with Crippen molar-refractivity contribution in [3.63, 3.8) is 0 Å². The molecule has 0 amide bonds. The summed E-state index contributed by atoms with van der Waals surface area (Å²) in [5, 5.41) is 72.2. The van der Waals surface area contributed by atoms with Gasteiger partial charge in [0.1, 0.15) is 54.7 Å². The molecule has 0 unspecified atom stereocenters. The highest BCUT2D eigenvalue weighted by molar-refractivity contribution is 5.87. The number of hydrogen-bond donors (Lipinski definition) is 7. The first-order chi connectivity index (χ1) is 20.0. The van der Waals surface area contributed by atoms with Gasteiger partial charge in [-0.05, 0) is 36.8 Å². The van der Waals surface area contributed by atoms with E-state index in [1.165, 1.54) is 32.4 Å². The summed E-state index contributed by atoms with van der Waals surface area (Å²) in [6, 6.07) is 9.35. The molecule has 7 N–H and O–H groups in total. The van der Waals surface area contributed by atoms with Crippen LogP contribution in [-0.2, 0) is 14.2 Å². The highest BCUT2D eigenvalue weighted by Gasteiger charge is 2.47. The number of phenols is 1. The molecule has 0 bridgehead atoms. The SMILES string of the molecule is COc1ccc(-c2coc3c(O)c(O[C@@H]4O[C@@H](CO[C@H]5O[C@@H](C)[C@H](O)[C@@H](O)[C@@H]5O)[C@H](O)[C@H](O)[C@H]4O)ccc3c2=O)cc1. The molecule has 42 heavy (non-hydrogen) atoms. The van der Waals surface area contributed by atoms with Crippen LogP contribution in [-0.4, -0.2) is 111 Å². The van der Waals surface area contributed by atoms with Crippen molar-refractivity contribution in [1.29, 1.82) is 0 Å². The Bertz CT molecular complexity index is 1440. The quantitative estimate of drug-likeness (QED) is 0.179. The van der Waals surface area contributed by atoms with Crippen molar-refractivity contribution < 1.29 is 63.8 Å². The third-order valence-electron chi connectivity index (χ3n) is 7.42. The molecule has 2 saturated heterocycles. The number of aromatic hydroxyl groups is 1. The zero-order chi connectivity index (χ0) is 30.3. The van der Waals surface area contributed by atoms with Gasteiger partial charge in [-0.15, -0.1) is 0 Å². The molecule has 3 heterocycles. The summed E-state index contributed by atoms with van der Waals surface area (Å²) < 4.78 is 32.7. The molecule has 14 nitrogen and oxygen atoms in total. The Hall–Kier alpha value is -3.31. The second-order valence-electron chi connectivity index (χ2n) is 10.1. The van der Waals surface area contributed by atoms with Crippen molar-refractivity contribution in [2.75, 3.05) is 13.7 Å². The van der Waals surface area contributed by atoms with Gasteiger partial charge in [0.25, 0.3) is 0 Å². The predicted molar refractivity (Wildman–Crippen MR) is 142 cm³/mol. The van der Waals surface area contributed by atoms with Gasteiger partial charge < -0.3 is 63.8 Å². The lowest BCUT2D eigenvalue weighted by Gasteiger charge is -2.42. The summed E-state index contributed by atoms with van der Waals surface area (Å²) in [5.41, 5.74) is 0.190. The highest BCUT2D eigenvalue weighted by atomic mass is 16.7. The number of fused-ring (bicyclic) bond motifs is 1. The fourth-order valence-electron chi connectivity index (χ4n) is 4.85. The fraction of sp³-hybridized carbons (Fsp3) is 0.464. The van der Waals surface area contributed by atoms with E-state index in [0.717, 1.165) is 0 Å². The van der Waals surface area contributed by atoms with Gasteiger partial charge in [0.2, 0.25) is 17.5 Å². The van der Waals surface area contributed by atoms with Gasteiger partial charge in [-0.3, -0.25) is 4.79 Å². The van der Waals surface area contributed by atoms with Crippen LogP contribution in [0.5, 0.6) is 17.2 Å². The van der Waals surface area contributed by atoms with Crippen molar-refractivity contribution >= 4 is 11.0 Å². The molecule has 2 aliphatic rings. The van der Waals surface area contributed by atoms with Gasteiger partial charge in [-0.2, -0.15) is 0 Å². The van der Waals surface area contributed by atoms with Crippen LogP contribution in [0, 0.1) is 0 Å². The van der Waals surface area contributed by atoms with Gasteiger partial charge in [0.05, 0.1) is 30.8 Å². The van der Waals surface area contributed by atoms with Crippen molar-refractivity contribution in [3.8, 4) is 28.4 Å². The lowest BCUT2D eigenvalue weighted by molar-refractivity contribution is -0.318. The standard InChI is InChI=1S/C28H32O14/c1-11-18(29)22(33)24(35)27(40-11)39-10-17-20(31)23(34)25(36)28(42-17)41-16-8-7-14-19(30)15(9-38-26(14)21(16)32)12-3-5-13(37-2)6-4-12/h3-9,11,17-18,20,22-25,27-29,31-36H,10H2,1-2H3/t11-,17-,18-,20-,22+,23-,24-,25+,27-,28+/m0/s1. The number of aliphatic hydroxyl groups is 6. The minimum absolute atomic E-state index is 0.0487. The van der Waals surface area contributed by atoms with E-state index < -0.39 is 79.2 Å². The maximum atomic E-state index is 13.2. The Morgan fingerprint density at radius 2 is 1.48 bits per heavy atom. The number of hydrogen-bond acceptors (Lipinski definition) is 14. The van der Waals surface area contributed by atoms with E-state index in [1.54, 1.807) is 24.3 Å². The van der Waals surface area contributed by atoms with E-state index in [9.17, 15) is 40.5 Å². The lowest BCUT2D eigenvalue weighted by Crippen LogP contribution is -2.61. The highest BCUT2D eigenvalue weighted by Crippen LogP contribution is 2.37. The first-order valence-corrected chi connectivity index (χ1v) is 13.1. The van der Waals surface area contributed by atoms with Gasteiger partial charge in [0.15, 0.2) is 17.6 Å². The Morgan fingerprint density at radius 3 is 2.17 bits per heavy atom. The van der Waals surface area contributed by atoms with Gasteiger partial charge in [0, 0.05) is 0 Å². The molecule has 5 rings (SSSR count). The molecule has 2 fully saturated rings. The normalized spacial score (nSPS) is 33.4. The Kier molecular flexibility index (Phi) is 8.71. The second kappa shape index (κ2) is 12.1. The maximum Gasteiger partial charge on any atom is 0.229 e. The fourth-order valence-corrected chi connectivity index (χ4v) is 4.85. The molecule has 2 aromatic carbocycles. The lowest BCUT2D eigenvalue weighted by atomic mass is 9.98. The molecular formula is C28H32O14. The molecule has 1 aromatic heterocycles. The Labute approximate surface area is 238 Å². The van der Waals surface area contributed by atoms with E-state index in [4.69, 9.17) is 28.1 Å². The number of rotatable bonds is 7. The summed E-state index contributed by atoms with van der Waals surface area (Å²) >= 11 is 0. The van der Waals surface area contributed by atoms with E-state index in [-0.39, 0.29) is 22.3 Å². The second-order valence-corrected chi connectivity index (χ2v) is 10.1. The van der Waals surface area contributed by atoms with Gasteiger partial charge in [-0.25, -0.2) is 0 Å². The Morgan fingerprint density at radius 1 is 0.810 bits per heavy atom. The van der Waals surface area contributed by atoms with Crippen molar-refractivity contribution in [2.45, 2.75) is 68.3 Å². The number of aliphatic hydroxyl groups excluding tert-OH is 6. The van der Waals surface area contributed by atoms with E-state index in [1.807, 2.05) is 0 Å². The largest absolute Gasteiger partial charge is 0.502 e. The van der Waals surface area contributed by atoms with E-state index in [2.05, 4.69) is 0 Å². The van der Waals surface area contributed by atoms with Crippen LogP contribution in [0.15, 0.2) is 51.9 Å². The first-order valence-electron chi connectivity index (χ1n) is 13.1. The molecule has 0 spiro atoms. The van der Waals surface area contributed by atoms with Gasteiger partial charge in [-0.1, -0.05) is 12.1 Å². The van der Waals surface area contributed by atoms with Crippen LogP contribution in [0.1, 0.15) is 6.92 Å². The van der Waals surface area contributed by atoms with E-state index in [0.29, 0.717) is 11.3 Å². The zero-order valence-electron chi connectivity index (χ0n) is 22.5. The van der Waals surface area contributed by atoms with E-state index >= 15 is 0 Å². The van der Waals surface area contributed by atoms with Crippen LogP contribution in [0.2, 0.25) is 0 Å². The molecule has 0 saturated carbocycles. The molecule has 14 heteroatoms. The van der Waals surface area contributed by atoms with Crippen LogP contribution < -0.4 is 14.9 Å². The van der Waals surface area contributed by atoms with Crippen LogP contribution in [0.25, 0.3) is 22.1 Å². The van der Waals surface area contributed by atoms with Crippen molar-refractivity contribution in [1.82, 2.24) is 0 Å². The summed E-state index contributed by atoms with van der Waals surface area (Å²) in [5.74, 6) is -0.224. The van der Waals surface area contributed by atoms with Crippen molar-refractivity contribution in [2.24, 2.45) is 0 Å². The number of phenolic OH excluding ortho intramolecular Hbond substituents is 1. The first kappa shape index (κ1) is 30.2. The molecule has 0 radical (unpaired) electrons. The third-order valence-corrected chi connectivity index (χ3v) is 7.42. The predicted octanol–water partition coefficient (Wildman–Crippen LogP) is -0.795. The number of ether oxygens (including phenoxy) is 5. The maximum absolute atomic E-state index is 13.2. The molecule has 3 aromatic rings. The Balaban J connectivity index is 1.33. The van der Waals surface area contributed by atoms with Crippen molar-refractivity contribution in [3.05, 3.63) is 52.9 Å². The smallest absolute Gasteiger partial charge is 0.229 e. The summed E-state index contributed by atoms with van der Waals surface area (Å²) in [4.78, 5) is 13.2. The zero-order valence-corrected chi connectivity index (χ0v) is 22.5. The monoisotopic (exact) mass is 592 g/mol. The number of methoxy groups -OCH3 is 1. The molecular weight excluding hydrogens is 560 g/mol. The molecule has 228 valence electrons. The summed E-state index contributed by atoms with van der Waals surface area (Å²) in [7, 11) is 1.52. The molecule has 2 aliphatic heterocycles. The van der Waals surface area contributed by atoms with Gasteiger partial charge >= 0.3 is 0 Å². The number of benzene rings is 2. The third kappa shape index (κ3) is 5.56. The summed E-state index contributed by atoms with van der Waals surface area (Å²) in [6.07, 6.45) is -13.8. The van der Waals surface area contributed by atoms with Crippen LogP contribution in [0.3, 0.4) is 0 Å². The average Bonchev–Trinajstić information content (AvgIpc) is 2.99. The average molecular weight is 593 g/mol.